The fourth-order valence-electron chi connectivity index (χ4n) is 4.62. The molecule has 0 radical (unpaired) electrons. The van der Waals surface area contributed by atoms with Gasteiger partial charge in [-0.05, 0) is 73.8 Å². The largest absolute Gasteiger partial charge is 0.507 e. The second kappa shape index (κ2) is 9.25. The van der Waals surface area contributed by atoms with Crippen LogP contribution in [0.25, 0.3) is 0 Å². The molecule has 2 nitrogen and oxygen atoms in total. The molecule has 2 rings (SSSR count). The molecule has 34 heavy (non-hydrogen) atoms. The Balaban J connectivity index is 2.48. The molecule has 0 spiro atoms. The third-order valence-electron chi connectivity index (χ3n) is 6.97. The van der Waals surface area contributed by atoms with E-state index in [9.17, 15) is 10.2 Å². The van der Waals surface area contributed by atoms with Gasteiger partial charge >= 0.3 is 0 Å². The average Bonchev–Trinajstić information content (AvgIpc) is 2.63. The van der Waals surface area contributed by atoms with Crippen molar-refractivity contribution in [3.63, 3.8) is 0 Å². The van der Waals surface area contributed by atoms with Gasteiger partial charge < -0.3 is 10.2 Å². The zero-order valence-corrected chi connectivity index (χ0v) is 24.2. The predicted octanol–water partition coefficient (Wildman–Crippen LogP) is 9.02. The van der Waals surface area contributed by atoms with Gasteiger partial charge in [-0.3, -0.25) is 0 Å². The van der Waals surface area contributed by atoms with Gasteiger partial charge in [0, 0.05) is 0 Å². The lowest BCUT2D eigenvalue weighted by Crippen LogP contribution is -2.18. The molecule has 2 aromatic carbocycles. The minimum Gasteiger partial charge on any atom is -0.507 e. The molecule has 0 amide bonds. The Hall–Kier alpha value is -1.96. The summed E-state index contributed by atoms with van der Waals surface area (Å²) in [5, 5.41) is 22.1. The molecule has 2 heteroatoms. The molecule has 0 unspecified atom stereocenters. The van der Waals surface area contributed by atoms with Gasteiger partial charge in [0.2, 0.25) is 0 Å². The number of rotatable bonds is 4. The second-order valence-electron chi connectivity index (χ2n) is 14.4. The van der Waals surface area contributed by atoms with Crippen LogP contribution in [-0.4, -0.2) is 10.2 Å². The predicted molar refractivity (Wildman–Crippen MR) is 148 cm³/mol. The van der Waals surface area contributed by atoms with Crippen LogP contribution in [0, 0.1) is 0 Å². The van der Waals surface area contributed by atoms with E-state index in [4.69, 9.17) is 0 Å². The summed E-state index contributed by atoms with van der Waals surface area (Å²) < 4.78 is 0. The van der Waals surface area contributed by atoms with Crippen molar-refractivity contribution in [1.82, 2.24) is 0 Å². The number of aryl methyl sites for hydroxylation is 1. The van der Waals surface area contributed by atoms with E-state index in [1.165, 1.54) is 11.1 Å². The molecule has 2 aromatic rings. The van der Waals surface area contributed by atoms with E-state index in [1.54, 1.807) is 0 Å². The summed E-state index contributed by atoms with van der Waals surface area (Å²) >= 11 is 0. The molecular weight excluding hydrogens is 416 g/mol. The molecule has 0 saturated carbocycles. The standard InChI is InChI=1S/C32H50O2/c1-20(22-18-25(31(8,9)10)28(34)26(19-22)32(11,12)13)14-15-21-16-23(29(2,3)4)27(33)24(17-21)30(5,6)7/h16-20,33-34H,14-15H2,1-13H3/t20-/m0/s1. The van der Waals surface area contributed by atoms with Crippen LogP contribution < -0.4 is 0 Å². The SMILES string of the molecule is C[C@@H](CCc1cc(C(C)(C)C)c(O)c(C(C)(C)C)c1)c1cc(C(C)(C)C)c(O)c(C(C)(C)C)c1. The highest BCUT2D eigenvalue weighted by molar-refractivity contribution is 5.51. The second-order valence-corrected chi connectivity index (χ2v) is 14.4. The number of benzene rings is 2. The van der Waals surface area contributed by atoms with Crippen LogP contribution in [0.4, 0.5) is 0 Å². The van der Waals surface area contributed by atoms with Crippen molar-refractivity contribution in [2.45, 2.75) is 130 Å². The van der Waals surface area contributed by atoms with Gasteiger partial charge in [0.25, 0.3) is 0 Å². The van der Waals surface area contributed by atoms with Crippen LogP contribution in [-0.2, 0) is 28.1 Å². The molecule has 0 aliphatic rings. The van der Waals surface area contributed by atoms with E-state index in [-0.39, 0.29) is 21.7 Å². The fraction of sp³-hybridized carbons (Fsp3) is 0.625. The van der Waals surface area contributed by atoms with E-state index >= 15 is 0 Å². The van der Waals surface area contributed by atoms with Crippen molar-refractivity contribution in [3.05, 3.63) is 57.6 Å². The highest BCUT2D eigenvalue weighted by Gasteiger charge is 2.29. The van der Waals surface area contributed by atoms with Gasteiger partial charge in [-0.25, -0.2) is 0 Å². The first-order valence-electron chi connectivity index (χ1n) is 12.9. The zero-order valence-electron chi connectivity index (χ0n) is 24.2. The Kier molecular flexibility index (Phi) is 7.69. The summed E-state index contributed by atoms with van der Waals surface area (Å²) in [7, 11) is 0. The molecule has 0 bridgehead atoms. The third-order valence-corrected chi connectivity index (χ3v) is 6.97. The van der Waals surface area contributed by atoms with Crippen molar-refractivity contribution in [3.8, 4) is 11.5 Å². The Labute approximate surface area is 209 Å². The maximum atomic E-state index is 11.1. The maximum Gasteiger partial charge on any atom is 0.123 e. The molecule has 0 aromatic heterocycles. The normalized spacial score (nSPS) is 14.4. The Morgan fingerprint density at radius 2 is 0.853 bits per heavy atom. The fourth-order valence-corrected chi connectivity index (χ4v) is 4.62. The molecule has 0 aliphatic carbocycles. The van der Waals surface area contributed by atoms with Crippen LogP contribution in [0.5, 0.6) is 11.5 Å². The monoisotopic (exact) mass is 466 g/mol. The quantitative estimate of drug-likeness (QED) is 0.472. The van der Waals surface area contributed by atoms with Crippen molar-refractivity contribution in [2.24, 2.45) is 0 Å². The summed E-state index contributed by atoms with van der Waals surface area (Å²) in [4.78, 5) is 0. The first kappa shape index (κ1) is 28.3. The topological polar surface area (TPSA) is 40.5 Å². The number of hydrogen-bond donors (Lipinski definition) is 2. The number of aromatic hydroxyl groups is 2. The van der Waals surface area contributed by atoms with E-state index in [0.717, 1.165) is 35.1 Å². The highest BCUT2D eigenvalue weighted by atomic mass is 16.3. The van der Waals surface area contributed by atoms with Gasteiger partial charge in [0.05, 0.1) is 0 Å². The smallest absolute Gasteiger partial charge is 0.123 e. The van der Waals surface area contributed by atoms with Crippen molar-refractivity contribution in [1.29, 1.82) is 0 Å². The Morgan fingerprint density at radius 1 is 0.559 bits per heavy atom. The minimum absolute atomic E-state index is 0.119. The van der Waals surface area contributed by atoms with Crippen LogP contribution in [0.3, 0.4) is 0 Å². The number of phenols is 2. The lowest BCUT2D eigenvalue weighted by Gasteiger charge is -2.30. The summed E-state index contributed by atoms with van der Waals surface area (Å²) in [6.45, 7) is 28.3. The summed E-state index contributed by atoms with van der Waals surface area (Å²) in [5.74, 6) is 1.24. The molecule has 2 N–H and O–H groups in total. The first-order valence-corrected chi connectivity index (χ1v) is 12.9. The van der Waals surface area contributed by atoms with Crippen molar-refractivity contribution < 1.29 is 10.2 Å². The van der Waals surface area contributed by atoms with Gasteiger partial charge in [-0.2, -0.15) is 0 Å². The van der Waals surface area contributed by atoms with E-state index in [2.05, 4.69) is 114 Å². The minimum atomic E-state index is -0.125. The van der Waals surface area contributed by atoms with E-state index < -0.39 is 0 Å². The number of hydrogen-bond acceptors (Lipinski definition) is 2. The van der Waals surface area contributed by atoms with Gasteiger partial charge in [-0.1, -0.05) is 114 Å². The van der Waals surface area contributed by atoms with Crippen molar-refractivity contribution >= 4 is 0 Å². The van der Waals surface area contributed by atoms with Gasteiger partial charge in [0.15, 0.2) is 0 Å². The van der Waals surface area contributed by atoms with Crippen molar-refractivity contribution in [2.75, 3.05) is 0 Å². The summed E-state index contributed by atoms with van der Waals surface area (Å²) in [6, 6.07) is 8.84. The molecule has 1 atom stereocenters. The Bertz CT molecular complexity index is 945. The molecule has 0 aliphatic heterocycles. The summed E-state index contributed by atoms with van der Waals surface area (Å²) in [5.41, 5.74) is 6.18. The molecule has 0 heterocycles. The maximum absolute atomic E-state index is 11.1. The lowest BCUT2D eigenvalue weighted by molar-refractivity contribution is 0.422. The van der Waals surface area contributed by atoms with Crippen LogP contribution >= 0.6 is 0 Å². The zero-order chi connectivity index (χ0) is 26.4. The third kappa shape index (κ3) is 6.37. The molecule has 190 valence electrons. The average molecular weight is 467 g/mol. The Morgan fingerprint density at radius 3 is 1.15 bits per heavy atom. The lowest BCUT2D eigenvalue weighted by atomic mass is 9.76. The molecule has 0 saturated heterocycles. The van der Waals surface area contributed by atoms with E-state index in [1.807, 2.05) is 0 Å². The van der Waals surface area contributed by atoms with Gasteiger partial charge in [-0.15, -0.1) is 0 Å². The van der Waals surface area contributed by atoms with Gasteiger partial charge in [0.1, 0.15) is 11.5 Å². The van der Waals surface area contributed by atoms with Crippen LogP contribution in [0.1, 0.15) is 136 Å². The first-order chi connectivity index (χ1) is 15.1. The molecule has 0 fully saturated rings. The molecular formula is C32H50O2. The highest BCUT2D eigenvalue weighted by Crippen LogP contribution is 2.43. The van der Waals surface area contributed by atoms with E-state index in [0.29, 0.717) is 17.4 Å². The van der Waals surface area contributed by atoms with Crippen LogP contribution in [0.2, 0.25) is 0 Å². The number of phenolic OH excluding ortho intramolecular Hbond substituents is 2. The summed E-state index contributed by atoms with van der Waals surface area (Å²) in [6.07, 6.45) is 1.96. The van der Waals surface area contributed by atoms with Crippen LogP contribution in [0.15, 0.2) is 24.3 Å².